The van der Waals surface area contributed by atoms with Crippen molar-refractivity contribution in [3.05, 3.63) is 60.3 Å². The minimum Gasteiger partial charge on any atom is -0.497 e. The number of rotatable bonds is 7. The SMILES string of the molecule is COc1ccc(Nc2ncc(C(F)(F)F)c(Nc3ccccc3OC3CCCC3)n2)cc1. The van der Waals surface area contributed by atoms with E-state index < -0.39 is 11.7 Å². The molecule has 32 heavy (non-hydrogen) atoms. The number of nitrogens with zero attached hydrogens (tertiary/aromatic N) is 2. The number of benzene rings is 2. The van der Waals surface area contributed by atoms with E-state index >= 15 is 0 Å². The Morgan fingerprint density at radius 2 is 1.69 bits per heavy atom. The molecule has 168 valence electrons. The van der Waals surface area contributed by atoms with Crippen LogP contribution in [0.1, 0.15) is 31.2 Å². The normalized spacial score (nSPS) is 14.2. The molecule has 1 aliphatic rings. The largest absolute Gasteiger partial charge is 0.497 e. The Labute approximate surface area is 183 Å². The molecule has 0 unspecified atom stereocenters. The van der Waals surface area contributed by atoms with Crippen LogP contribution in [0.15, 0.2) is 54.7 Å². The Morgan fingerprint density at radius 3 is 2.38 bits per heavy atom. The first-order valence-corrected chi connectivity index (χ1v) is 10.3. The first-order chi connectivity index (χ1) is 15.4. The maximum absolute atomic E-state index is 13.6. The highest BCUT2D eigenvalue weighted by Gasteiger charge is 2.35. The van der Waals surface area contributed by atoms with Crippen molar-refractivity contribution in [2.24, 2.45) is 0 Å². The van der Waals surface area contributed by atoms with Gasteiger partial charge in [-0.1, -0.05) is 12.1 Å². The summed E-state index contributed by atoms with van der Waals surface area (Å²) in [4.78, 5) is 7.95. The number of nitrogens with one attached hydrogen (secondary N) is 2. The van der Waals surface area contributed by atoms with Crippen molar-refractivity contribution in [3.63, 3.8) is 0 Å². The van der Waals surface area contributed by atoms with Gasteiger partial charge in [0.2, 0.25) is 5.95 Å². The quantitative estimate of drug-likeness (QED) is 0.445. The molecule has 0 saturated heterocycles. The second-order valence-corrected chi connectivity index (χ2v) is 7.45. The van der Waals surface area contributed by atoms with Crippen LogP contribution < -0.4 is 20.1 Å². The Morgan fingerprint density at radius 1 is 0.969 bits per heavy atom. The van der Waals surface area contributed by atoms with Gasteiger partial charge in [0, 0.05) is 11.9 Å². The van der Waals surface area contributed by atoms with Crippen LogP contribution >= 0.6 is 0 Å². The maximum Gasteiger partial charge on any atom is 0.421 e. The first-order valence-electron chi connectivity index (χ1n) is 10.3. The van der Waals surface area contributed by atoms with Gasteiger partial charge in [-0.25, -0.2) is 4.98 Å². The van der Waals surface area contributed by atoms with Crippen molar-refractivity contribution >= 4 is 23.1 Å². The zero-order chi connectivity index (χ0) is 22.6. The average Bonchev–Trinajstić information content (AvgIpc) is 3.28. The number of para-hydroxylation sites is 2. The van der Waals surface area contributed by atoms with Crippen molar-refractivity contribution in [2.45, 2.75) is 38.0 Å². The summed E-state index contributed by atoms with van der Waals surface area (Å²) in [5.41, 5.74) is 0.0638. The summed E-state index contributed by atoms with van der Waals surface area (Å²) in [5.74, 6) is 0.826. The van der Waals surface area contributed by atoms with Gasteiger partial charge in [-0.3, -0.25) is 0 Å². The molecule has 0 atom stereocenters. The van der Waals surface area contributed by atoms with E-state index in [1.807, 2.05) is 0 Å². The summed E-state index contributed by atoms with van der Waals surface area (Å²) in [6, 6.07) is 13.8. The Hall–Kier alpha value is -3.49. The third-order valence-electron chi connectivity index (χ3n) is 5.18. The summed E-state index contributed by atoms with van der Waals surface area (Å²) < 4.78 is 52.1. The predicted molar refractivity (Wildman–Crippen MR) is 116 cm³/mol. The molecule has 2 N–H and O–H groups in total. The van der Waals surface area contributed by atoms with Crippen molar-refractivity contribution in [3.8, 4) is 11.5 Å². The maximum atomic E-state index is 13.6. The van der Waals surface area contributed by atoms with E-state index in [4.69, 9.17) is 9.47 Å². The van der Waals surface area contributed by atoms with E-state index in [0.717, 1.165) is 31.9 Å². The van der Waals surface area contributed by atoms with Gasteiger partial charge in [0.1, 0.15) is 22.9 Å². The van der Waals surface area contributed by atoms with Crippen molar-refractivity contribution < 1.29 is 22.6 Å². The van der Waals surface area contributed by atoms with Gasteiger partial charge in [-0.2, -0.15) is 18.2 Å². The molecule has 9 heteroatoms. The second kappa shape index (κ2) is 9.33. The molecule has 1 aromatic heterocycles. The highest BCUT2D eigenvalue weighted by atomic mass is 19.4. The topological polar surface area (TPSA) is 68.3 Å². The molecule has 0 amide bonds. The van der Waals surface area contributed by atoms with Gasteiger partial charge in [0.25, 0.3) is 0 Å². The summed E-state index contributed by atoms with van der Waals surface area (Å²) in [7, 11) is 1.55. The number of alkyl halides is 3. The predicted octanol–water partition coefficient (Wildman–Crippen LogP) is 6.31. The van der Waals surface area contributed by atoms with Crippen molar-refractivity contribution in [1.29, 1.82) is 0 Å². The Kier molecular flexibility index (Phi) is 6.34. The lowest BCUT2D eigenvalue weighted by Gasteiger charge is -2.19. The van der Waals surface area contributed by atoms with Gasteiger partial charge in [-0.05, 0) is 62.1 Å². The molecule has 0 radical (unpaired) electrons. The number of anilines is 4. The molecular formula is C23H23F3N4O2. The van der Waals surface area contributed by atoms with Crippen molar-refractivity contribution in [2.75, 3.05) is 17.7 Å². The molecule has 0 aliphatic heterocycles. The summed E-state index contributed by atoms with van der Waals surface area (Å²) in [6.45, 7) is 0. The Balaban J connectivity index is 1.62. The minimum atomic E-state index is -4.62. The molecular weight excluding hydrogens is 421 g/mol. The molecule has 2 aromatic carbocycles. The lowest BCUT2D eigenvalue weighted by atomic mass is 10.2. The lowest BCUT2D eigenvalue weighted by Crippen LogP contribution is -2.14. The third-order valence-corrected chi connectivity index (χ3v) is 5.18. The molecule has 1 heterocycles. The standard InChI is InChI=1S/C23H23F3N4O2/c1-31-16-12-10-15(11-13-16)28-22-27-14-18(23(24,25)26)21(30-22)29-19-8-4-5-9-20(19)32-17-6-2-3-7-17/h4-5,8-14,17H,2-3,6-7H2,1H3,(H2,27,28,29,30). The fourth-order valence-electron chi connectivity index (χ4n) is 3.53. The van der Waals surface area contributed by atoms with E-state index in [-0.39, 0.29) is 17.9 Å². The number of halogens is 3. The monoisotopic (exact) mass is 444 g/mol. The summed E-state index contributed by atoms with van der Waals surface area (Å²) in [5, 5.41) is 5.73. The van der Waals surface area contributed by atoms with Crippen LogP contribution in [0.3, 0.4) is 0 Å². The van der Waals surface area contributed by atoms with Gasteiger partial charge in [0.05, 0.1) is 18.9 Å². The van der Waals surface area contributed by atoms with Crippen LogP contribution in [0, 0.1) is 0 Å². The third kappa shape index (κ3) is 5.22. The molecule has 4 rings (SSSR count). The molecule has 0 spiro atoms. The zero-order valence-electron chi connectivity index (χ0n) is 17.4. The van der Waals surface area contributed by atoms with Crippen LogP contribution in [-0.2, 0) is 6.18 Å². The molecule has 0 bridgehead atoms. The number of methoxy groups -OCH3 is 1. The fraction of sp³-hybridized carbons (Fsp3) is 0.304. The van der Waals surface area contributed by atoms with E-state index in [1.165, 1.54) is 0 Å². The van der Waals surface area contributed by atoms with Gasteiger partial charge in [-0.15, -0.1) is 0 Å². The van der Waals surface area contributed by atoms with Crippen LogP contribution in [-0.4, -0.2) is 23.2 Å². The number of hydrogen-bond donors (Lipinski definition) is 2. The van der Waals surface area contributed by atoms with Crippen LogP contribution in [0.2, 0.25) is 0 Å². The smallest absolute Gasteiger partial charge is 0.421 e. The van der Waals surface area contributed by atoms with Crippen LogP contribution in [0.5, 0.6) is 11.5 Å². The average molecular weight is 444 g/mol. The van der Waals surface area contributed by atoms with E-state index in [9.17, 15) is 13.2 Å². The fourth-order valence-corrected chi connectivity index (χ4v) is 3.53. The highest BCUT2D eigenvalue weighted by molar-refractivity contribution is 5.67. The lowest BCUT2D eigenvalue weighted by molar-refractivity contribution is -0.137. The van der Waals surface area contributed by atoms with Crippen LogP contribution in [0.4, 0.5) is 36.3 Å². The molecule has 1 aliphatic carbocycles. The molecule has 3 aromatic rings. The van der Waals surface area contributed by atoms with Gasteiger partial charge < -0.3 is 20.1 Å². The van der Waals surface area contributed by atoms with E-state index in [2.05, 4.69) is 20.6 Å². The molecule has 1 saturated carbocycles. The first kappa shape index (κ1) is 21.7. The molecule has 1 fully saturated rings. The van der Waals surface area contributed by atoms with Crippen LogP contribution in [0.25, 0.3) is 0 Å². The van der Waals surface area contributed by atoms with Crippen molar-refractivity contribution in [1.82, 2.24) is 9.97 Å². The number of hydrogen-bond acceptors (Lipinski definition) is 6. The second-order valence-electron chi connectivity index (χ2n) is 7.45. The van der Waals surface area contributed by atoms with E-state index in [0.29, 0.717) is 22.9 Å². The minimum absolute atomic E-state index is 0.0276. The highest BCUT2D eigenvalue weighted by Crippen LogP contribution is 2.38. The number of aromatic nitrogens is 2. The summed E-state index contributed by atoms with van der Waals surface area (Å²) in [6.07, 6.45) is 0.258. The number of ether oxygens (including phenoxy) is 2. The zero-order valence-corrected chi connectivity index (χ0v) is 17.4. The van der Waals surface area contributed by atoms with Gasteiger partial charge in [0.15, 0.2) is 0 Å². The molecule has 6 nitrogen and oxygen atoms in total. The summed E-state index contributed by atoms with van der Waals surface area (Å²) >= 11 is 0. The van der Waals surface area contributed by atoms with Gasteiger partial charge >= 0.3 is 6.18 Å². The van der Waals surface area contributed by atoms with E-state index in [1.54, 1.807) is 55.6 Å². The Bertz CT molecular complexity index is 1050.